The minimum absolute atomic E-state index is 0.0601. The molecule has 0 bridgehead atoms. The van der Waals surface area contributed by atoms with Crippen molar-refractivity contribution in [3.05, 3.63) is 35.6 Å². The van der Waals surface area contributed by atoms with Crippen molar-refractivity contribution in [1.29, 1.82) is 0 Å². The maximum Gasteiger partial charge on any atom is 0.239 e. The molecule has 0 aliphatic carbocycles. The second kappa shape index (κ2) is 9.48. The molecule has 6 nitrogen and oxygen atoms in total. The van der Waals surface area contributed by atoms with E-state index in [-0.39, 0.29) is 36.8 Å². The Morgan fingerprint density at radius 2 is 2.08 bits per heavy atom. The lowest BCUT2D eigenvalue weighted by Crippen LogP contribution is -2.46. The smallest absolute Gasteiger partial charge is 0.239 e. The van der Waals surface area contributed by atoms with Crippen molar-refractivity contribution >= 4 is 11.8 Å². The third-order valence-corrected chi connectivity index (χ3v) is 4.13. The van der Waals surface area contributed by atoms with Crippen LogP contribution < -0.4 is 5.32 Å². The molecule has 0 aromatic heterocycles. The average molecular weight is 351 g/mol. The predicted molar refractivity (Wildman–Crippen MR) is 92.5 cm³/mol. The van der Waals surface area contributed by atoms with Crippen LogP contribution >= 0.6 is 0 Å². The summed E-state index contributed by atoms with van der Waals surface area (Å²) in [5, 5.41) is 2.76. The molecular weight excluding hydrogens is 325 g/mol. The first-order valence-electron chi connectivity index (χ1n) is 8.59. The van der Waals surface area contributed by atoms with Gasteiger partial charge in [0, 0.05) is 26.7 Å². The number of hydrogen-bond donors (Lipinski definition) is 1. The Morgan fingerprint density at radius 3 is 2.76 bits per heavy atom. The largest absolute Gasteiger partial charge is 0.371 e. The molecule has 1 unspecified atom stereocenters. The van der Waals surface area contributed by atoms with E-state index in [1.54, 1.807) is 19.2 Å². The lowest BCUT2D eigenvalue weighted by molar-refractivity contribution is -0.137. The second-order valence-electron chi connectivity index (χ2n) is 6.25. The van der Waals surface area contributed by atoms with Crippen LogP contribution in [0.15, 0.2) is 24.3 Å². The van der Waals surface area contributed by atoms with Crippen LogP contribution in [0.5, 0.6) is 0 Å². The van der Waals surface area contributed by atoms with Gasteiger partial charge >= 0.3 is 0 Å². The molecule has 2 rings (SSSR count). The number of rotatable bonds is 7. The Hall–Kier alpha value is -1.99. The normalized spacial score (nSPS) is 18.0. The zero-order valence-electron chi connectivity index (χ0n) is 14.8. The van der Waals surface area contributed by atoms with Gasteiger partial charge in [0.2, 0.25) is 11.8 Å². The molecular formula is C18H26FN3O3. The average Bonchev–Trinajstić information content (AvgIpc) is 2.60. The Balaban J connectivity index is 1.83. The molecule has 1 aliphatic heterocycles. The lowest BCUT2D eigenvalue weighted by Gasteiger charge is -2.33. The van der Waals surface area contributed by atoms with Gasteiger partial charge in [-0.15, -0.1) is 0 Å². The van der Waals surface area contributed by atoms with Crippen LogP contribution in [0.4, 0.5) is 4.39 Å². The van der Waals surface area contributed by atoms with Crippen LogP contribution in [0.25, 0.3) is 0 Å². The fraction of sp³-hybridized carbons (Fsp3) is 0.556. The number of carbonyl (C=O) groups excluding carboxylic acids is 2. The summed E-state index contributed by atoms with van der Waals surface area (Å²) in [5.74, 6) is -0.537. The Labute approximate surface area is 147 Å². The first kappa shape index (κ1) is 19.3. The number of benzene rings is 1. The van der Waals surface area contributed by atoms with E-state index >= 15 is 0 Å². The number of amides is 2. The number of carbonyl (C=O) groups is 2. The van der Waals surface area contributed by atoms with E-state index in [0.29, 0.717) is 26.2 Å². The van der Waals surface area contributed by atoms with Crippen LogP contribution in [-0.2, 0) is 14.3 Å². The summed E-state index contributed by atoms with van der Waals surface area (Å²) >= 11 is 0. The minimum Gasteiger partial charge on any atom is -0.371 e. The van der Waals surface area contributed by atoms with E-state index in [4.69, 9.17) is 4.74 Å². The molecule has 2 amide bonds. The van der Waals surface area contributed by atoms with Crippen LogP contribution in [-0.4, -0.2) is 68.0 Å². The first-order valence-corrected chi connectivity index (χ1v) is 8.59. The highest BCUT2D eigenvalue weighted by molar-refractivity contribution is 5.85. The van der Waals surface area contributed by atoms with E-state index in [9.17, 15) is 14.0 Å². The van der Waals surface area contributed by atoms with E-state index < -0.39 is 0 Å². The highest BCUT2D eigenvalue weighted by Crippen LogP contribution is 2.22. The summed E-state index contributed by atoms with van der Waals surface area (Å²) < 4.78 is 18.8. The fourth-order valence-electron chi connectivity index (χ4n) is 2.66. The molecule has 1 aliphatic rings. The maximum atomic E-state index is 13.0. The molecule has 1 aromatic carbocycles. The van der Waals surface area contributed by atoms with Crippen molar-refractivity contribution < 1.29 is 18.7 Å². The van der Waals surface area contributed by atoms with Crippen LogP contribution in [0.1, 0.15) is 25.0 Å². The van der Waals surface area contributed by atoms with Crippen LogP contribution in [0.3, 0.4) is 0 Å². The quantitative estimate of drug-likeness (QED) is 0.801. The van der Waals surface area contributed by atoms with Crippen LogP contribution in [0, 0.1) is 5.82 Å². The monoisotopic (exact) mass is 351 g/mol. The Kier molecular flexibility index (Phi) is 7.33. The summed E-state index contributed by atoms with van der Waals surface area (Å²) in [6.07, 6.45) is 0.683. The fourth-order valence-corrected chi connectivity index (χ4v) is 2.66. The number of ether oxygens (including phenoxy) is 1. The molecule has 25 heavy (non-hydrogen) atoms. The topological polar surface area (TPSA) is 61.9 Å². The molecule has 1 N–H and O–H groups in total. The summed E-state index contributed by atoms with van der Waals surface area (Å²) in [7, 11) is 1.63. The Morgan fingerprint density at radius 1 is 1.36 bits per heavy atom. The SMILES string of the molecule is CCCNC(=O)CN(C)C(=O)CN1CCOC(c2ccc(F)cc2)C1. The Bertz CT molecular complexity index is 579. The van der Waals surface area contributed by atoms with E-state index in [0.717, 1.165) is 12.0 Å². The summed E-state index contributed by atoms with van der Waals surface area (Å²) in [6, 6.07) is 6.22. The van der Waals surface area contributed by atoms with Crippen molar-refractivity contribution in [2.24, 2.45) is 0 Å². The molecule has 0 saturated carbocycles. The zero-order valence-corrected chi connectivity index (χ0v) is 14.8. The zero-order chi connectivity index (χ0) is 18.2. The molecule has 138 valence electrons. The summed E-state index contributed by atoms with van der Waals surface area (Å²) in [6.45, 7) is 4.61. The molecule has 1 aromatic rings. The second-order valence-corrected chi connectivity index (χ2v) is 6.25. The molecule has 1 fully saturated rings. The summed E-state index contributed by atoms with van der Waals surface area (Å²) in [4.78, 5) is 27.5. The first-order chi connectivity index (χ1) is 12.0. The highest BCUT2D eigenvalue weighted by Gasteiger charge is 2.24. The predicted octanol–water partition coefficient (Wildman–Crippen LogP) is 1.18. The molecule has 1 heterocycles. The van der Waals surface area contributed by atoms with Gasteiger partial charge in [0.15, 0.2) is 0 Å². The number of hydrogen-bond acceptors (Lipinski definition) is 4. The van der Waals surface area contributed by atoms with E-state index in [1.807, 2.05) is 11.8 Å². The van der Waals surface area contributed by atoms with Gasteiger partial charge in [-0.05, 0) is 24.1 Å². The van der Waals surface area contributed by atoms with Gasteiger partial charge in [0.1, 0.15) is 5.82 Å². The van der Waals surface area contributed by atoms with Gasteiger partial charge in [-0.1, -0.05) is 19.1 Å². The molecule has 1 saturated heterocycles. The van der Waals surface area contributed by atoms with Gasteiger partial charge in [-0.25, -0.2) is 4.39 Å². The molecule has 0 spiro atoms. The van der Waals surface area contributed by atoms with E-state index in [2.05, 4.69) is 5.32 Å². The van der Waals surface area contributed by atoms with Crippen molar-refractivity contribution in [3.8, 4) is 0 Å². The number of halogens is 1. The van der Waals surface area contributed by atoms with Crippen LogP contribution in [0.2, 0.25) is 0 Å². The van der Waals surface area contributed by atoms with Crippen molar-refractivity contribution in [1.82, 2.24) is 15.1 Å². The molecule has 1 atom stereocenters. The van der Waals surface area contributed by atoms with E-state index in [1.165, 1.54) is 17.0 Å². The van der Waals surface area contributed by atoms with Gasteiger partial charge < -0.3 is 15.0 Å². The highest BCUT2D eigenvalue weighted by atomic mass is 19.1. The number of nitrogens with one attached hydrogen (secondary N) is 1. The number of likely N-dealkylation sites (N-methyl/N-ethyl adjacent to an activating group) is 1. The third-order valence-electron chi connectivity index (χ3n) is 4.13. The molecule has 0 radical (unpaired) electrons. The van der Waals surface area contributed by atoms with Crippen molar-refractivity contribution in [3.63, 3.8) is 0 Å². The lowest BCUT2D eigenvalue weighted by atomic mass is 10.1. The van der Waals surface area contributed by atoms with Gasteiger partial charge in [-0.2, -0.15) is 0 Å². The number of nitrogens with zero attached hydrogens (tertiary/aromatic N) is 2. The maximum absolute atomic E-state index is 13.0. The van der Waals surface area contributed by atoms with Gasteiger partial charge in [0.05, 0.1) is 25.8 Å². The third kappa shape index (κ3) is 6.10. The standard InChI is InChI=1S/C18H26FN3O3/c1-3-8-20-17(23)12-21(2)18(24)13-22-9-10-25-16(11-22)14-4-6-15(19)7-5-14/h4-7,16H,3,8-13H2,1-2H3,(H,20,23). The van der Waals surface area contributed by atoms with Crippen molar-refractivity contribution in [2.75, 3.05) is 46.4 Å². The minimum atomic E-state index is -0.283. The number of morpholine rings is 1. The summed E-state index contributed by atoms with van der Waals surface area (Å²) in [5.41, 5.74) is 0.894. The molecule has 7 heteroatoms. The van der Waals surface area contributed by atoms with Crippen molar-refractivity contribution in [2.45, 2.75) is 19.4 Å². The van der Waals surface area contributed by atoms with Gasteiger partial charge in [-0.3, -0.25) is 14.5 Å². The van der Waals surface area contributed by atoms with Gasteiger partial charge in [0.25, 0.3) is 0 Å².